The molecule has 1 fully saturated rings. The van der Waals surface area contributed by atoms with Crippen LogP contribution in [0.2, 0.25) is 0 Å². The highest BCUT2D eigenvalue weighted by molar-refractivity contribution is 5.94. The third-order valence-electron chi connectivity index (χ3n) is 2.91. The van der Waals surface area contributed by atoms with E-state index in [1.165, 1.54) is 12.8 Å². The molecule has 0 unspecified atom stereocenters. The Kier molecular flexibility index (Phi) is 3.96. The molecule has 0 saturated heterocycles. The molecule has 0 radical (unpaired) electrons. The van der Waals surface area contributed by atoms with Crippen LogP contribution in [0.1, 0.15) is 28.9 Å². The highest BCUT2D eigenvalue weighted by Crippen LogP contribution is 2.29. The minimum Gasteiger partial charge on any atom is -0.340 e. The molecule has 18 heavy (non-hydrogen) atoms. The average molecular weight is 243 g/mol. The normalized spacial score (nSPS) is 13.7. The van der Waals surface area contributed by atoms with Gasteiger partial charge in [0, 0.05) is 19.8 Å². The van der Waals surface area contributed by atoms with E-state index in [0.717, 1.165) is 6.54 Å². The van der Waals surface area contributed by atoms with Gasteiger partial charge in [0.25, 0.3) is 5.91 Å². The molecular formula is C14H17N3O. The van der Waals surface area contributed by atoms with Gasteiger partial charge in [-0.3, -0.25) is 4.79 Å². The Balaban J connectivity index is 2.17. The van der Waals surface area contributed by atoms with Crippen molar-refractivity contribution in [3.8, 4) is 11.8 Å². The lowest BCUT2D eigenvalue weighted by atomic mass is 10.1. The molecule has 0 atom stereocenters. The number of hydrogen-bond acceptors (Lipinski definition) is 3. The molecule has 0 bridgehead atoms. The SMILES string of the molecule is CN(CC1CC1)C(=O)c1ncccc1C#CCN. The van der Waals surface area contributed by atoms with Crippen LogP contribution in [0, 0.1) is 17.8 Å². The van der Waals surface area contributed by atoms with Crippen molar-refractivity contribution in [1.82, 2.24) is 9.88 Å². The predicted molar refractivity (Wildman–Crippen MR) is 69.9 cm³/mol. The molecule has 1 aliphatic carbocycles. The van der Waals surface area contributed by atoms with E-state index in [1.54, 1.807) is 23.2 Å². The minimum absolute atomic E-state index is 0.0659. The molecule has 2 N–H and O–H groups in total. The van der Waals surface area contributed by atoms with Gasteiger partial charge in [-0.05, 0) is 30.9 Å². The topological polar surface area (TPSA) is 59.2 Å². The summed E-state index contributed by atoms with van der Waals surface area (Å²) in [6.07, 6.45) is 4.06. The van der Waals surface area contributed by atoms with E-state index in [-0.39, 0.29) is 12.5 Å². The van der Waals surface area contributed by atoms with Crippen LogP contribution in [0.4, 0.5) is 0 Å². The largest absolute Gasteiger partial charge is 0.340 e. The van der Waals surface area contributed by atoms with Gasteiger partial charge in [0.15, 0.2) is 0 Å². The Morgan fingerprint density at radius 1 is 1.61 bits per heavy atom. The third kappa shape index (κ3) is 3.08. The summed E-state index contributed by atoms with van der Waals surface area (Å²) in [5.74, 6) is 6.25. The van der Waals surface area contributed by atoms with Crippen molar-refractivity contribution in [2.45, 2.75) is 12.8 Å². The number of rotatable bonds is 3. The van der Waals surface area contributed by atoms with E-state index in [2.05, 4.69) is 16.8 Å². The molecule has 1 saturated carbocycles. The minimum atomic E-state index is -0.0659. The Morgan fingerprint density at radius 2 is 2.39 bits per heavy atom. The van der Waals surface area contributed by atoms with Crippen molar-refractivity contribution in [3.63, 3.8) is 0 Å². The van der Waals surface area contributed by atoms with Crippen LogP contribution in [0.5, 0.6) is 0 Å². The Morgan fingerprint density at radius 3 is 3.06 bits per heavy atom. The fraction of sp³-hybridized carbons (Fsp3) is 0.429. The molecule has 1 aliphatic rings. The van der Waals surface area contributed by atoms with Crippen LogP contribution in [-0.4, -0.2) is 35.9 Å². The monoisotopic (exact) mass is 243 g/mol. The Labute approximate surface area is 107 Å². The van der Waals surface area contributed by atoms with Crippen LogP contribution in [0.25, 0.3) is 0 Å². The van der Waals surface area contributed by atoms with E-state index in [1.807, 2.05) is 7.05 Å². The Hall–Kier alpha value is -1.86. The van der Waals surface area contributed by atoms with Gasteiger partial charge in [0.05, 0.1) is 12.1 Å². The van der Waals surface area contributed by atoms with Crippen molar-refractivity contribution in [2.24, 2.45) is 11.7 Å². The molecule has 4 nitrogen and oxygen atoms in total. The maximum Gasteiger partial charge on any atom is 0.273 e. The number of carbonyl (C=O) groups is 1. The summed E-state index contributed by atoms with van der Waals surface area (Å²) in [6, 6.07) is 3.58. The van der Waals surface area contributed by atoms with Gasteiger partial charge in [0.1, 0.15) is 5.69 Å². The van der Waals surface area contributed by atoms with Crippen LogP contribution < -0.4 is 5.73 Å². The van der Waals surface area contributed by atoms with Crippen molar-refractivity contribution in [1.29, 1.82) is 0 Å². The van der Waals surface area contributed by atoms with Crippen molar-refractivity contribution < 1.29 is 4.79 Å². The fourth-order valence-corrected chi connectivity index (χ4v) is 1.77. The van der Waals surface area contributed by atoms with E-state index >= 15 is 0 Å². The van der Waals surface area contributed by atoms with Crippen LogP contribution in [0.15, 0.2) is 18.3 Å². The molecule has 2 rings (SSSR count). The zero-order valence-electron chi connectivity index (χ0n) is 10.5. The molecule has 4 heteroatoms. The highest BCUT2D eigenvalue weighted by atomic mass is 16.2. The first-order chi connectivity index (χ1) is 8.72. The molecule has 1 aromatic heterocycles. The second-order valence-corrected chi connectivity index (χ2v) is 4.53. The number of amides is 1. The first-order valence-corrected chi connectivity index (χ1v) is 6.11. The summed E-state index contributed by atoms with van der Waals surface area (Å²) >= 11 is 0. The Bertz CT molecular complexity index is 497. The number of nitrogens with two attached hydrogens (primary N) is 1. The first-order valence-electron chi connectivity index (χ1n) is 6.11. The standard InChI is InChI=1S/C14H17N3O/c1-17(10-11-6-7-11)14(18)13-12(4-2-8-15)5-3-9-16-13/h3,5,9,11H,6-8,10,15H2,1H3. The number of hydrogen-bond donors (Lipinski definition) is 1. The molecule has 0 aromatic carbocycles. The van der Waals surface area contributed by atoms with E-state index in [0.29, 0.717) is 17.2 Å². The molecule has 1 aromatic rings. The fourth-order valence-electron chi connectivity index (χ4n) is 1.77. The number of aromatic nitrogens is 1. The van der Waals surface area contributed by atoms with Gasteiger partial charge >= 0.3 is 0 Å². The summed E-state index contributed by atoms with van der Waals surface area (Å²) in [7, 11) is 1.81. The lowest BCUT2D eigenvalue weighted by Crippen LogP contribution is -2.30. The smallest absolute Gasteiger partial charge is 0.273 e. The van der Waals surface area contributed by atoms with E-state index in [9.17, 15) is 4.79 Å². The maximum absolute atomic E-state index is 12.3. The van der Waals surface area contributed by atoms with Crippen LogP contribution in [0.3, 0.4) is 0 Å². The summed E-state index contributed by atoms with van der Waals surface area (Å²) in [4.78, 5) is 18.1. The summed E-state index contributed by atoms with van der Waals surface area (Å²) in [5, 5.41) is 0. The van der Waals surface area contributed by atoms with Gasteiger partial charge < -0.3 is 10.6 Å². The van der Waals surface area contributed by atoms with Crippen molar-refractivity contribution >= 4 is 5.91 Å². The summed E-state index contributed by atoms with van der Waals surface area (Å²) < 4.78 is 0. The second kappa shape index (κ2) is 5.65. The molecule has 0 aliphatic heterocycles. The zero-order chi connectivity index (χ0) is 13.0. The van der Waals surface area contributed by atoms with Gasteiger partial charge in [0.2, 0.25) is 0 Å². The first kappa shape index (κ1) is 12.6. The van der Waals surface area contributed by atoms with Crippen LogP contribution in [-0.2, 0) is 0 Å². The zero-order valence-corrected chi connectivity index (χ0v) is 10.5. The molecular weight excluding hydrogens is 226 g/mol. The number of nitrogens with zero attached hydrogens (tertiary/aromatic N) is 2. The average Bonchev–Trinajstić information content (AvgIpc) is 3.19. The summed E-state index contributed by atoms with van der Waals surface area (Å²) in [6.45, 7) is 1.08. The van der Waals surface area contributed by atoms with Gasteiger partial charge in [-0.25, -0.2) is 4.98 Å². The second-order valence-electron chi connectivity index (χ2n) is 4.53. The number of pyridine rings is 1. The van der Waals surface area contributed by atoms with E-state index < -0.39 is 0 Å². The van der Waals surface area contributed by atoms with Gasteiger partial charge in [-0.1, -0.05) is 11.8 Å². The summed E-state index contributed by atoms with van der Waals surface area (Å²) in [5.41, 5.74) is 6.41. The van der Waals surface area contributed by atoms with E-state index in [4.69, 9.17) is 5.73 Å². The highest BCUT2D eigenvalue weighted by Gasteiger charge is 2.26. The van der Waals surface area contributed by atoms with Gasteiger partial charge in [-0.15, -0.1) is 0 Å². The predicted octanol–water partition coefficient (Wildman–Crippen LogP) is 0.874. The van der Waals surface area contributed by atoms with Crippen molar-refractivity contribution in [2.75, 3.05) is 20.1 Å². The molecule has 1 heterocycles. The molecule has 1 amide bonds. The van der Waals surface area contributed by atoms with Gasteiger partial charge in [-0.2, -0.15) is 0 Å². The lowest BCUT2D eigenvalue weighted by Gasteiger charge is -2.16. The quantitative estimate of drug-likeness (QED) is 0.801. The third-order valence-corrected chi connectivity index (χ3v) is 2.91. The lowest BCUT2D eigenvalue weighted by molar-refractivity contribution is 0.0782. The van der Waals surface area contributed by atoms with Crippen LogP contribution >= 0.6 is 0 Å². The van der Waals surface area contributed by atoms with Crippen molar-refractivity contribution in [3.05, 3.63) is 29.6 Å². The maximum atomic E-state index is 12.3. The molecule has 0 spiro atoms. The molecule has 94 valence electrons. The number of carbonyl (C=O) groups excluding carboxylic acids is 1.